The van der Waals surface area contributed by atoms with Gasteiger partial charge in [-0.1, -0.05) is 0 Å². The second-order valence-corrected chi connectivity index (χ2v) is 5.68. The molecule has 0 aliphatic carbocycles. The first-order valence-corrected chi connectivity index (χ1v) is 5.97. The van der Waals surface area contributed by atoms with E-state index in [1.54, 1.807) is 11.3 Å². The maximum atomic E-state index is 11.4. The molecule has 0 fully saturated rings. The maximum absolute atomic E-state index is 11.4. The summed E-state index contributed by atoms with van der Waals surface area (Å²) in [4.78, 5) is 13.5. The molecule has 4 nitrogen and oxygen atoms in total. The van der Waals surface area contributed by atoms with Gasteiger partial charge in [0.1, 0.15) is 5.60 Å². The van der Waals surface area contributed by atoms with Gasteiger partial charge in [-0.05, 0) is 32.9 Å². The largest absolute Gasteiger partial charge is 0.444 e. The van der Waals surface area contributed by atoms with E-state index in [1.807, 2.05) is 32.9 Å². The fraction of sp³-hybridized carbons (Fsp3) is 0.545. The van der Waals surface area contributed by atoms with Crippen LogP contribution in [0.5, 0.6) is 0 Å². The molecule has 1 rings (SSSR count). The summed E-state index contributed by atoms with van der Waals surface area (Å²) in [6.45, 7) is 6.54. The van der Waals surface area contributed by atoms with Gasteiger partial charge in [-0.15, -0.1) is 23.7 Å². The number of nitrogens with two attached hydrogens (primary N) is 1. The molecule has 0 radical (unpaired) electrons. The van der Waals surface area contributed by atoms with Crippen molar-refractivity contribution >= 4 is 29.8 Å². The van der Waals surface area contributed by atoms with Gasteiger partial charge in [-0.3, -0.25) is 0 Å². The molecule has 17 heavy (non-hydrogen) atoms. The van der Waals surface area contributed by atoms with Crippen molar-refractivity contribution in [1.29, 1.82) is 0 Å². The minimum absolute atomic E-state index is 0. The Morgan fingerprint density at radius 2 is 2.00 bits per heavy atom. The molecular formula is C11H19ClN2O2S. The fourth-order valence-electron chi connectivity index (χ4n) is 1.10. The van der Waals surface area contributed by atoms with Gasteiger partial charge in [-0.25, -0.2) is 4.79 Å². The van der Waals surface area contributed by atoms with Crippen LogP contribution in [0.4, 0.5) is 4.79 Å². The van der Waals surface area contributed by atoms with Gasteiger partial charge in [0.2, 0.25) is 0 Å². The number of alkyl carbamates (subject to hydrolysis) is 1. The Kier molecular flexibility index (Phi) is 6.52. The molecule has 1 amide bonds. The summed E-state index contributed by atoms with van der Waals surface area (Å²) in [5, 5.41) is 2.70. The van der Waals surface area contributed by atoms with Crippen LogP contribution in [0.15, 0.2) is 12.1 Å². The van der Waals surface area contributed by atoms with E-state index in [0.29, 0.717) is 13.1 Å². The molecule has 0 bridgehead atoms. The Bertz CT molecular complexity index is 361. The first-order valence-electron chi connectivity index (χ1n) is 5.15. The van der Waals surface area contributed by atoms with Gasteiger partial charge in [0.05, 0.1) is 6.54 Å². The molecule has 1 aromatic rings. The number of carbonyl (C=O) groups excluding carboxylic acids is 1. The van der Waals surface area contributed by atoms with Gasteiger partial charge in [0.15, 0.2) is 0 Å². The number of nitrogens with one attached hydrogen (secondary N) is 1. The number of rotatable bonds is 3. The van der Waals surface area contributed by atoms with Crippen molar-refractivity contribution in [1.82, 2.24) is 5.32 Å². The summed E-state index contributed by atoms with van der Waals surface area (Å²) < 4.78 is 5.12. The summed E-state index contributed by atoms with van der Waals surface area (Å²) in [6.07, 6.45) is -0.393. The molecule has 1 heterocycles. The number of halogens is 1. The Labute approximate surface area is 112 Å². The second-order valence-electron chi connectivity index (χ2n) is 4.43. The molecule has 98 valence electrons. The lowest BCUT2D eigenvalue weighted by atomic mass is 10.2. The molecule has 0 atom stereocenters. The van der Waals surface area contributed by atoms with Crippen molar-refractivity contribution in [2.45, 2.75) is 39.5 Å². The molecule has 0 aliphatic heterocycles. The summed E-state index contributed by atoms with van der Waals surface area (Å²) in [7, 11) is 0. The average Bonchev–Trinajstić information content (AvgIpc) is 2.59. The first kappa shape index (κ1) is 16.2. The van der Waals surface area contributed by atoms with Gasteiger partial charge in [0.25, 0.3) is 0 Å². The Morgan fingerprint density at radius 3 is 2.47 bits per heavy atom. The molecule has 0 spiro atoms. The lowest BCUT2D eigenvalue weighted by Gasteiger charge is -2.19. The summed E-state index contributed by atoms with van der Waals surface area (Å²) in [6, 6.07) is 3.93. The monoisotopic (exact) mass is 278 g/mol. The van der Waals surface area contributed by atoms with Crippen molar-refractivity contribution in [3.8, 4) is 0 Å². The van der Waals surface area contributed by atoms with Crippen LogP contribution in [0.1, 0.15) is 30.5 Å². The van der Waals surface area contributed by atoms with Crippen LogP contribution in [0.2, 0.25) is 0 Å². The van der Waals surface area contributed by atoms with Crippen LogP contribution in [-0.2, 0) is 17.8 Å². The molecule has 3 N–H and O–H groups in total. The number of amides is 1. The lowest BCUT2D eigenvalue weighted by Crippen LogP contribution is -2.31. The molecule has 0 aliphatic rings. The molecule has 1 aromatic heterocycles. The van der Waals surface area contributed by atoms with Crippen molar-refractivity contribution in [3.63, 3.8) is 0 Å². The van der Waals surface area contributed by atoms with Crippen LogP contribution >= 0.6 is 23.7 Å². The number of hydrogen-bond acceptors (Lipinski definition) is 4. The third-order valence-corrected chi connectivity index (χ3v) is 2.83. The van der Waals surface area contributed by atoms with Crippen LogP contribution in [0.25, 0.3) is 0 Å². The molecular weight excluding hydrogens is 260 g/mol. The van der Waals surface area contributed by atoms with Crippen LogP contribution in [0, 0.1) is 0 Å². The van der Waals surface area contributed by atoms with E-state index < -0.39 is 11.7 Å². The predicted octanol–water partition coefficient (Wildman–Crippen LogP) is 2.65. The van der Waals surface area contributed by atoms with Crippen LogP contribution < -0.4 is 11.1 Å². The summed E-state index contributed by atoms with van der Waals surface area (Å²) in [5.41, 5.74) is 5.04. The molecule has 6 heteroatoms. The lowest BCUT2D eigenvalue weighted by molar-refractivity contribution is 0.0524. The third-order valence-electron chi connectivity index (χ3n) is 1.72. The zero-order chi connectivity index (χ0) is 12.2. The van der Waals surface area contributed by atoms with E-state index in [1.165, 1.54) is 0 Å². The summed E-state index contributed by atoms with van der Waals surface area (Å²) in [5.74, 6) is 0. The number of ether oxygens (including phenoxy) is 1. The van der Waals surface area contributed by atoms with Crippen molar-refractivity contribution in [2.24, 2.45) is 5.73 Å². The topological polar surface area (TPSA) is 64.3 Å². The standard InChI is InChI=1S/C11H18N2O2S.ClH/c1-11(2,3)15-10(14)13-7-9-5-4-8(6-12)16-9;/h4-5H,6-7,12H2,1-3H3,(H,13,14);1H. The SMILES string of the molecule is CC(C)(C)OC(=O)NCc1ccc(CN)s1.Cl. The Hall–Kier alpha value is -0.780. The highest BCUT2D eigenvalue weighted by molar-refractivity contribution is 7.11. The highest BCUT2D eigenvalue weighted by Crippen LogP contribution is 2.15. The fourth-order valence-corrected chi connectivity index (χ4v) is 1.94. The first-order chi connectivity index (χ1) is 7.40. The highest BCUT2D eigenvalue weighted by atomic mass is 35.5. The zero-order valence-corrected chi connectivity index (χ0v) is 11.9. The van der Waals surface area contributed by atoms with E-state index in [2.05, 4.69) is 5.32 Å². The smallest absolute Gasteiger partial charge is 0.407 e. The molecule has 0 aromatic carbocycles. The third kappa shape index (κ3) is 6.51. The zero-order valence-electron chi connectivity index (χ0n) is 10.3. The van der Waals surface area contributed by atoms with E-state index in [-0.39, 0.29) is 12.4 Å². The molecule has 0 saturated carbocycles. The normalized spacial score (nSPS) is 10.6. The number of thiophene rings is 1. The summed E-state index contributed by atoms with van der Waals surface area (Å²) >= 11 is 1.60. The van der Waals surface area contributed by atoms with Crippen molar-refractivity contribution in [2.75, 3.05) is 0 Å². The highest BCUT2D eigenvalue weighted by Gasteiger charge is 2.15. The predicted molar refractivity (Wildman–Crippen MR) is 72.5 cm³/mol. The number of carbonyl (C=O) groups is 1. The van der Waals surface area contributed by atoms with Gasteiger partial charge in [-0.2, -0.15) is 0 Å². The van der Waals surface area contributed by atoms with E-state index >= 15 is 0 Å². The second kappa shape index (κ2) is 6.83. The minimum atomic E-state index is -0.456. The van der Waals surface area contributed by atoms with Crippen molar-refractivity contribution < 1.29 is 9.53 Å². The van der Waals surface area contributed by atoms with Crippen LogP contribution in [-0.4, -0.2) is 11.7 Å². The van der Waals surface area contributed by atoms with Gasteiger partial charge in [0, 0.05) is 16.3 Å². The Balaban J connectivity index is 0.00000256. The molecule has 0 saturated heterocycles. The van der Waals surface area contributed by atoms with E-state index in [0.717, 1.165) is 9.75 Å². The van der Waals surface area contributed by atoms with Crippen molar-refractivity contribution in [3.05, 3.63) is 21.9 Å². The minimum Gasteiger partial charge on any atom is -0.444 e. The maximum Gasteiger partial charge on any atom is 0.407 e. The van der Waals surface area contributed by atoms with E-state index in [9.17, 15) is 4.79 Å². The van der Waals surface area contributed by atoms with Gasteiger partial charge < -0.3 is 15.8 Å². The number of hydrogen-bond donors (Lipinski definition) is 2. The van der Waals surface area contributed by atoms with Crippen LogP contribution in [0.3, 0.4) is 0 Å². The Morgan fingerprint density at radius 1 is 1.41 bits per heavy atom. The molecule has 0 unspecified atom stereocenters. The average molecular weight is 279 g/mol. The quantitative estimate of drug-likeness (QED) is 0.893. The van der Waals surface area contributed by atoms with E-state index in [4.69, 9.17) is 10.5 Å². The van der Waals surface area contributed by atoms with Gasteiger partial charge >= 0.3 is 6.09 Å².